The molecule has 3 aromatic rings. The first-order valence-corrected chi connectivity index (χ1v) is 16.2. The highest BCUT2D eigenvalue weighted by Crippen LogP contribution is 2.30. The predicted octanol–water partition coefficient (Wildman–Crippen LogP) is 8.16. The summed E-state index contributed by atoms with van der Waals surface area (Å²) in [7, 11) is 0. The maximum Gasteiger partial charge on any atom is 0.262 e. The molecule has 6 rings (SSSR count). The maximum atomic E-state index is 13.6. The van der Waals surface area contributed by atoms with E-state index in [9.17, 15) is 4.79 Å². The molecule has 0 N–H and O–H groups in total. The number of aromatic nitrogens is 1. The molecule has 2 aliphatic heterocycles. The molecule has 3 heterocycles. The minimum atomic E-state index is 0.00229. The fraction of sp³-hybridized carbons (Fsp3) is 0.486. The molecule has 0 saturated carbocycles. The molecule has 0 amide bonds. The summed E-state index contributed by atoms with van der Waals surface area (Å²) in [6.07, 6.45) is 23.7. The number of allylic oxidation sites excluding steroid dienone is 4. The summed E-state index contributed by atoms with van der Waals surface area (Å²) in [5, 5.41) is 1.60. The van der Waals surface area contributed by atoms with E-state index < -0.39 is 0 Å². The molecule has 5 heteroatoms. The Morgan fingerprint density at radius 2 is 1.86 bits per heavy atom. The van der Waals surface area contributed by atoms with Crippen LogP contribution in [-0.4, -0.2) is 37.0 Å². The Hall–Kier alpha value is -3.31. The molecule has 1 aliphatic carbocycles. The summed E-state index contributed by atoms with van der Waals surface area (Å²) in [5.74, 6) is 2.26. The largest absolute Gasteiger partial charge is 0.491 e. The summed E-state index contributed by atoms with van der Waals surface area (Å²) >= 11 is 0. The number of rotatable bonds is 7. The van der Waals surface area contributed by atoms with Gasteiger partial charge in [-0.1, -0.05) is 50.0 Å². The SMILES string of the molecule is Cc1cc(N2CCCCCCC(CC3C=CC=CC3)CC2)ccc1-n1ccc2cc(OC[C@@H]3CCCO3)ccc2c1=O. The van der Waals surface area contributed by atoms with Crippen LogP contribution < -0.4 is 15.2 Å². The van der Waals surface area contributed by atoms with Crippen LogP contribution in [0.5, 0.6) is 5.75 Å². The number of ether oxygens (including phenoxy) is 2. The van der Waals surface area contributed by atoms with Gasteiger partial charge in [0, 0.05) is 37.0 Å². The van der Waals surface area contributed by atoms with Crippen molar-refractivity contribution in [3.05, 3.63) is 88.9 Å². The van der Waals surface area contributed by atoms with E-state index in [4.69, 9.17) is 9.47 Å². The van der Waals surface area contributed by atoms with E-state index in [1.807, 2.05) is 30.5 Å². The maximum absolute atomic E-state index is 13.6. The average Bonchev–Trinajstić information content (AvgIpc) is 3.54. The third-order valence-corrected chi connectivity index (χ3v) is 9.44. The zero-order chi connectivity index (χ0) is 28.7. The Morgan fingerprint density at radius 3 is 2.69 bits per heavy atom. The quantitative estimate of drug-likeness (QED) is 0.289. The van der Waals surface area contributed by atoms with Gasteiger partial charge in [-0.25, -0.2) is 0 Å². The average molecular weight is 567 g/mol. The molecule has 5 nitrogen and oxygen atoms in total. The van der Waals surface area contributed by atoms with Gasteiger partial charge < -0.3 is 14.4 Å². The van der Waals surface area contributed by atoms with Crippen LogP contribution >= 0.6 is 0 Å². The van der Waals surface area contributed by atoms with Gasteiger partial charge in [0.25, 0.3) is 5.56 Å². The molecule has 2 aromatic carbocycles. The van der Waals surface area contributed by atoms with Crippen molar-refractivity contribution in [1.29, 1.82) is 0 Å². The van der Waals surface area contributed by atoms with Crippen molar-refractivity contribution in [3.8, 4) is 11.4 Å². The zero-order valence-corrected chi connectivity index (χ0v) is 25.2. The smallest absolute Gasteiger partial charge is 0.262 e. The molecular weight excluding hydrogens is 520 g/mol. The lowest BCUT2D eigenvalue weighted by Crippen LogP contribution is -2.28. The van der Waals surface area contributed by atoms with Crippen molar-refractivity contribution >= 4 is 16.5 Å². The Bertz CT molecular complexity index is 1470. The summed E-state index contributed by atoms with van der Waals surface area (Å²) in [6, 6.07) is 14.4. The van der Waals surface area contributed by atoms with Crippen LogP contribution in [-0.2, 0) is 4.74 Å². The van der Waals surface area contributed by atoms with E-state index in [1.54, 1.807) is 4.57 Å². The van der Waals surface area contributed by atoms with Crippen LogP contribution in [0.3, 0.4) is 0 Å². The lowest BCUT2D eigenvalue weighted by atomic mass is 9.84. The molecule has 42 heavy (non-hydrogen) atoms. The van der Waals surface area contributed by atoms with Gasteiger partial charge in [-0.2, -0.15) is 0 Å². The molecule has 2 fully saturated rings. The van der Waals surface area contributed by atoms with Crippen molar-refractivity contribution in [2.75, 3.05) is 31.2 Å². The fourth-order valence-electron chi connectivity index (χ4n) is 6.99. The molecule has 2 saturated heterocycles. The van der Waals surface area contributed by atoms with Gasteiger partial charge in [0.2, 0.25) is 0 Å². The van der Waals surface area contributed by atoms with E-state index in [1.165, 1.54) is 57.1 Å². The highest BCUT2D eigenvalue weighted by atomic mass is 16.5. The molecule has 2 unspecified atom stereocenters. The normalized spacial score (nSPS) is 23.4. The summed E-state index contributed by atoms with van der Waals surface area (Å²) < 4.78 is 13.4. The molecule has 3 aliphatic rings. The Morgan fingerprint density at radius 1 is 0.929 bits per heavy atom. The molecule has 3 atom stereocenters. The predicted molar refractivity (Wildman–Crippen MR) is 173 cm³/mol. The molecule has 0 radical (unpaired) electrons. The molecule has 222 valence electrons. The first kappa shape index (κ1) is 28.8. The number of nitrogens with zero attached hydrogens (tertiary/aromatic N) is 2. The van der Waals surface area contributed by atoms with E-state index in [-0.39, 0.29) is 11.7 Å². The minimum Gasteiger partial charge on any atom is -0.491 e. The Balaban J connectivity index is 1.16. The van der Waals surface area contributed by atoms with E-state index in [0.717, 1.165) is 60.8 Å². The van der Waals surface area contributed by atoms with E-state index >= 15 is 0 Å². The number of pyridine rings is 1. The minimum absolute atomic E-state index is 0.00229. The van der Waals surface area contributed by atoms with Crippen LogP contribution in [0, 0.1) is 18.8 Å². The van der Waals surface area contributed by atoms with Crippen molar-refractivity contribution in [3.63, 3.8) is 0 Å². The number of aryl methyl sites for hydroxylation is 1. The van der Waals surface area contributed by atoms with Crippen molar-refractivity contribution in [1.82, 2.24) is 4.57 Å². The topological polar surface area (TPSA) is 43.7 Å². The summed E-state index contributed by atoms with van der Waals surface area (Å²) in [5.41, 5.74) is 3.35. The van der Waals surface area contributed by atoms with Gasteiger partial charge in [-0.05, 0) is 111 Å². The van der Waals surface area contributed by atoms with Crippen molar-refractivity contribution < 1.29 is 9.47 Å². The Labute approximate surface area is 250 Å². The second-order valence-electron chi connectivity index (χ2n) is 12.5. The van der Waals surface area contributed by atoms with Gasteiger partial charge in [0.15, 0.2) is 0 Å². The first-order valence-electron chi connectivity index (χ1n) is 16.2. The van der Waals surface area contributed by atoms with Crippen LogP contribution in [0.4, 0.5) is 5.69 Å². The van der Waals surface area contributed by atoms with Crippen LogP contribution in [0.25, 0.3) is 16.5 Å². The Kier molecular flexibility index (Phi) is 9.44. The number of hydrogen-bond acceptors (Lipinski definition) is 4. The van der Waals surface area contributed by atoms with Gasteiger partial charge in [-0.15, -0.1) is 0 Å². The van der Waals surface area contributed by atoms with Gasteiger partial charge in [0.05, 0.1) is 11.8 Å². The third-order valence-electron chi connectivity index (χ3n) is 9.44. The standard InChI is InChI=1S/C37H46N2O3/c1-28-24-32(38-20-8-3-2-5-12-30(18-21-38)25-29-10-6-4-7-11-29)14-17-36(28)39-22-19-31-26-33(15-16-35(31)37(39)40)42-27-34-13-9-23-41-34/h4,6-7,10,14-17,19,22,24,26,29-30,34H,2-3,5,8-9,11-13,18,20-21,23,25,27H2,1H3/t29?,30?,34-/m0/s1. The van der Waals surface area contributed by atoms with Gasteiger partial charge in [-0.3, -0.25) is 9.36 Å². The molecule has 1 aromatic heterocycles. The molecular formula is C37H46N2O3. The monoisotopic (exact) mass is 566 g/mol. The highest BCUT2D eigenvalue weighted by molar-refractivity contribution is 5.83. The second kappa shape index (κ2) is 13.8. The number of fused-ring (bicyclic) bond motifs is 1. The van der Waals surface area contributed by atoms with E-state index in [2.05, 4.69) is 54.3 Å². The fourth-order valence-corrected chi connectivity index (χ4v) is 6.99. The lowest BCUT2D eigenvalue weighted by molar-refractivity contribution is 0.0680. The van der Waals surface area contributed by atoms with Crippen molar-refractivity contribution in [2.24, 2.45) is 11.8 Å². The number of anilines is 1. The van der Waals surface area contributed by atoms with E-state index in [0.29, 0.717) is 17.9 Å². The zero-order valence-electron chi connectivity index (χ0n) is 25.2. The third kappa shape index (κ3) is 7.00. The van der Waals surface area contributed by atoms with Crippen LogP contribution in [0.1, 0.15) is 69.8 Å². The number of hydrogen-bond donors (Lipinski definition) is 0. The van der Waals surface area contributed by atoms with Crippen LogP contribution in [0.2, 0.25) is 0 Å². The lowest BCUT2D eigenvalue weighted by Gasteiger charge is -2.30. The summed E-state index contributed by atoms with van der Waals surface area (Å²) in [6.45, 7) is 5.71. The molecule has 0 spiro atoms. The van der Waals surface area contributed by atoms with Gasteiger partial charge >= 0.3 is 0 Å². The highest BCUT2D eigenvalue weighted by Gasteiger charge is 2.19. The van der Waals surface area contributed by atoms with Crippen molar-refractivity contribution in [2.45, 2.75) is 77.2 Å². The molecule has 0 bridgehead atoms. The van der Waals surface area contributed by atoms with Gasteiger partial charge in [0.1, 0.15) is 12.4 Å². The number of benzene rings is 2. The van der Waals surface area contributed by atoms with Crippen LogP contribution in [0.15, 0.2) is 77.8 Å². The first-order chi connectivity index (χ1) is 20.6. The summed E-state index contributed by atoms with van der Waals surface area (Å²) in [4.78, 5) is 16.2. The second-order valence-corrected chi connectivity index (χ2v) is 12.5.